The number of benzene rings is 2. The first-order chi connectivity index (χ1) is 13.9. The van der Waals surface area contributed by atoms with E-state index < -0.39 is 6.17 Å². The molecule has 0 saturated carbocycles. The van der Waals surface area contributed by atoms with Crippen molar-refractivity contribution in [1.29, 1.82) is 0 Å². The molecule has 0 spiro atoms. The fraction of sp³-hybridized carbons (Fsp3) is 0.227. The minimum atomic E-state index is -0.535. The number of aliphatic imine (C=N–C) groups is 1. The number of nitrogens with zero attached hydrogens (tertiary/aromatic N) is 3. The molecule has 0 amide bonds. The van der Waals surface area contributed by atoms with Crippen molar-refractivity contribution in [2.75, 3.05) is 17.7 Å². The first kappa shape index (κ1) is 18.7. The van der Waals surface area contributed by atoms with E-state index in [1.165, 1.54) is 17.2 Å². The molecule has 0 unspecified atom stereocenters. The largest absolute Gasteiger partial charge is 0.497 e. The average Bonchev–Trinajstić information content (AvgIpc) is 2.70. The average molecular weight is 389 g/mol. The van der Waals surface area contributed by atoms with Crippen molar-refractivity contribution in [2.24, 2.45) is 4.99 Å². The summed E-state index contributed by atoms with van der Waals surface area (Å²) in [5, 5.41) is 6.46. The Bertz CT molecular complexity index is 1150. The highest BCUT2D eigenvalue weighted by molar-refractivity contribution is 6.03. The van der Waals surface area contributed by atoms with Gasteiger partial charge < -0.3 is 10.1 Å². The van der Waals surface area contributed by atoms with E-state index >= 15 is 0 Å². The zero-order chi connectivity index (χ0) is 20.5. The molecule has 0 bridgehead atoms. The second-order valence-corrected chi connectivity index (χ2v) is 7.10. The number of guanidine groups is 1. The lowest BCUT2D eigenvalue weighted by molar-refractivity contribution is 0.414. The zero-order valence-corrected chi connectivity index (χ0v) is 16.9. The van der Waals surface area contributed by atoms with Gasteiger partial charge in [0.2, 0.25) is 11.9 Å². The van der Waals surface area contributed by atoms with E-state index in [9.17, 15) is 4.79 Å². The van der Waals surface area contributed by atoms with Crippen molar-refractivity contribution < 1.29 is 4.74 Å². The molecule has 2 aromatic carbocycles. The molecular weight excluding hydrogens is 366 g/mol. The Balaban J connectivity index is 1.77. The monoisotopic (exact) mass is 389 g/mol. The summed E-state index contributed by atoms with van der Waals surface area (Å²) in [7, 11) is 1.62. The van der Waals surface area contributed by atoms with E-state index in [-0.39, 0.29) is 5.56 Å². The van der Waals surface area contributed by atoms with Crippen molar-refractivity contribution >= 4 is 17.6 Å². The number of aryl methyl sites for hydroxylation is 3. The summed E-state index contributed by atoms with van der Waals surface area (Å²) >= 11 is 0. The van der Waals surface area contributed by atoms with Gasteiger partial charge in [0.25, 0.3) is 5.56 Å². The van der Waals surface area contributed by atoms with Gasteiger partial charge in [0.15, 0.2) is 6.17 Å². The number of hydrogen-bond acceptors (Lipinski definition) is 6. The summed E-state index contributed by atoms with van der Waals surface area (Å²) in [5.41, 5.74) is 4.67. The number of fused-ring (bicyclic) bond motifs is 1. The molecule has 2 heterocycles. The molecule has 3 aromatic rings. The van der Waals surface area contributed by atoms with Crippen molar-refractivity contribution in [1.82, 2.24) is 9.55 Å². The molecule has 0 fully saturated rings. The smallest absolute Gasteiger partial charge is 0.257 e. The number of methoxy groups -OCH3 is 1. The molecule has 0 aliphatic carbocycles. The Morgan fingerprint density at radius 3 is 2.48 bits per heavy atom. The highest BCUT2D eigenvalue weighted by Gasteiger charge is 2.25. The van der Waals surface area contributed by atoms with Gasteiger partial charge >= 0.3 is 0 Å². The van der Waals surface area contributed by atoms with E-state index in [2.05, 4.69) is 41.6 Å². The lowest BCUT2D eigenvalue weighted by Gasteiger charge is -2.27. The van der Waals surface area contributed by atoms with E-state index in [1.54, 1.807) is 18.6 Å². The summed E-state index contributed by atoms with van der Waals surface area (Å²) in [6.07, 6.45) is -0.535. The van der Waals surface area contributed by atoms with Gasteiger partial charge in [-0.3, -0.25) is 14.7 Å². The van der Waals surface area contributed by atoms with Gasteiger partial charge in [0, 0.05) is 17.4 Å². The predicted octanol–water partition coefficient (Wildman–Crippen LogP) is 3.62. The molecule has 148 valence electrons. The van der Waals surface area contributed by atoms with Crippen LogP contribution in [0.3, 0.4) is 0 Å². The van der Waals surface area contributed by atoms with Crippen LogP contribution in [0.25, 0.3) is 0 Å². The number of ether oxygens (including phenoxy) is 1. The first-order valence-electron chi connectivity index (χ1n) is 9.38. The van der Waals surface area contributed by atoms with E-state index in [0.29, 0.717) is 17.6 Å². The molecule has 1 aliphatic heterocycles. The molecular formula is C22H23N5O2. The van der Waals surface area contributed by atoms with Crippen LogP contribution < -0.4 is 20.9 Å². The number of rotatable bonds is 3. The fourth-order valence-corrected chi connectivity index (χ4v) is 3.27. The molecule has 1 aromatic heterocycles. The standard InChI is InChI=1S/C22H23N5O2/c1-13-5-8-17(11-14(13)2)24-21-25-20(16-6-9-18(29-4)10-7-16)27-19(28)12-15(3)23-22(27)26-21/h5-12,20H,1-4H3,(H2,23,24,25,26)/t20-/m0/s1. The highest BCUT2D eigenvalue weighted by Crippen LogP contribution is 2.27. The van der Waals surface area contributed by atoms with Crippen LogP contribution in [0.5, 0.6) is 5.75 Å². The Labute approximate surface area is 169 Å². The van der Waals surface area contributed by atoms with Gasteiger partial charge in [0.05, 0.1) is 7.11 Å². The third kappa shape index (κ3) is 3.71. The van der Waals surface area contributed by atoms with Gasteiger partial charge in [-0.1, -0.05) is 18.2 Å². The molecule has 7 nitrogen and oxygen atoms in total. The Kier molecular flexibility index (Phi) is 4.80. The maximum absolute atomic E-state index is 12.7. The molecule has 7 heteroatoms. The Morgan fingerprint density at radius 2 is 1.79 bits per heavy atom. The molecule has 1 atom stereocenters. The van der Waals surface area contributed by atoms with Crippen LogP contribution in [0, 0.1) is 20.8 Å². The molecule has 29 heavy (non-hydrogen) atoms. The SMILES string of the molecule is COc1ccc([C@H]2N=C(Nc3ccc(C)c(C)c3)Nc3nc(C)cc(=O)n32)cc1. The van der Waals surface area contributed by atoms with Crippen molar-refractivity contribution in [3.8, 4) is 5.75 Å². The van der Waals surface area contributed by atoms with Gasteiger partial charge in [0.1, 0.15) is 5.75 Å². The number of hydrogen-bond donors (Lipinski definition) is 2. The summed E-state index contributed by atoms with van der Waals surface area (Å²) < 4.78 is 6.80. The number of aromatic nitrogens is 2. The second kappa shape index (κ2) is 7.43. The highest BCUT2D eigenvalue weighted by atomic mass is 16.5. The minimum Gasteiger partial charge on any atom is -0.497 e. The molecule has 4 rings (SSSR count). The normalized spacial score (nSPS) is 15.2. The van der Waals surface area contributed by atoms with Gasteiger partial charge in [-0.05, 0) is 61.7 Å². The Morgan fingerprint density at radius 1 is 1.03 bits per heavy atom. The second-order valence-electron chi connectivity index (χ2n) is 7.10. The quantitative estimate of drug-likeness (QED) is 0.715. The number of anilines is 2. The maximum atomic E-state index is 12.7. The summed E-state index contributed by atoms with van der Waals surface area (Å²) in [6.45, 7) is 5.94. The third-order valence-electron chi connectivity index (χ3n) is 4.99. The van der Waals surface area contributed by atoms with Gasteiger partial charge in [-0.25, -0.2) is 9.98 Å². The summed E-state index contributed by atoms with van der Waals surface area (Å²) in [5.74, 6) is 1.73. The van der Waals surface area contributed by atoms with Crippen molar-refractivity contribution in [3.63, 3.8) is 0 Å². The predicted molar refractivity (Wildman–Crippen MR) is 115 cm³/mol. The fourth-order valence-electron chi connectivity index (χ4n) is 3.27. The van der Waals surface area contributed by atoms with Crippen molar-refractivity contribution in [3.05, 3.63) is 81.3 Å². The van der Waals surface area contributed by atoms with E-state index in [1.807, 2.05) is 30.3 Å². The minimum absolute atomic E-state index is 0.158. The molecule has 1 aliphatic rings. The number of nitrogens with one attached hydrogen (secondary N) is 2. The molecule has 2 N–H and O–H groups in total. The van der Waals surface area contributed by atoms with Crippen LogP contribution in [0.15, 0.2) is 58.3 Å². The Hall–Kier alpha value is -3.61. The van der Waals surface area contributed by atoms with Gasteiger partial charge in [-0.15, -0.1) is 0 Å². The summed E-state index contributed by atoms with van der Waals surface area (Å²) in [6, 6.07) is 15.2. The van der Waals surface area contributed by atoms with Crippen LogP contribution in [-0.2, 0) is 0 Å². The third-order valence-corrected chi connectivity index (χ3v) is 4.99. The van der Waals surface area contributed by atoms with E-state index in [0.717, 1.165) is 17.0 Å². The van der Waals surface area contributed by atoms with Gasteiger partial charge in [-0.2, -0.15) is 0 Å². The van der Waals surface area contributed by atoms with Crippen LogP contribution in [0.4, 0.5) is 11.6 Å². The molecule has 0 radical (unpaired) electrons. The molecule has 0 saturated heterocycles. The van der Waals surface area contributed by atoms with Crippen LogP contribution in [-0.4, -0.2) is 22.6 Å². The summed E-state index contributed by atoms with van der Waals surface area (Å²) in [4.78, 5) is 22.0. The van der Waals surface area contributed by atoms with Crippen molar-refractivity contribution in [2.45, 2.75) is 26.9 Å². The van der Waals surface area contributed by atoms with Crippen LogP contribution >= 0.6 is 0 Å². The lowest BCUT2D eigenvalue weighted by Crippen LogP contribution is -2.37. The van der Waals surface area contributed by atoms with E-state index in [4.69, 9.17) is 9.73 Å². The van der Waals surface area contributed by atoms with Crippen LogP contribution in [0.2, 0.25) is 0 Å². The van der Waals surface area contributed by atoms with Crippen LogP contribution in [0.1, 0.15) is 28.6 Å². The topological polar surface area (TPSA) is 80.5 Å². The maximum Gasteiger partial charge on any atom is 0.257 e. The first-order valence-corrected chi connectivity index (χ1v) is 9.38. The lowest BCUT2D eigenvalue weighted by atomic mass is 10.1. The zero-order valence-electron chi connectivity index (χ0n) is 16.9.